The van der Waals surface area contributed by atoms with Crippen molar-refractivity contribution in [2.75, 3.05) is 19.7 Å². The fraction of sp³-hybridized carbons (Fsp3) is 0.647. The molecule has 2 nitrogen and oxygen atoms in total. The molecule has 0 saturated heterocycles. The van der Waals surface area contributed by atoms with Crippen molar-refractivity contribution in [3.8, 4) is 5.75 Å². The zero-order valence-electron chi connectivity index (χ0n) is 13.3. The molecule has 1 aromatic rings. The first kappa shape index (κ1) is 16.0. The fourth-order valence-electron chi connectivity index (χ4n) is 1.83. The van der Waals surface area contributed by atoms with Crippen molar-refractivity contribution >= 4 is 0 Å². The third kappa shape index (κ3) is 6.11. The van der Waals surface area contributed by atoms with Gasteiger partial charge < -0.3 is 10.1 Å². The lowest BCUT2D eigenvalue weighted by atomic mass is 9.94. The van der Waals surface area contributed by atoms with E-state index in [1.54, 1.807) is 0 Å². The standard InChI is InChI=1S/C17H29NO/c1-13(2)10-18-11-17(5,6)12-19-16-8-7-14(3)15(4)9-16/h7-9,13,18H,10-12H2,1-6H3. The Morgan fingerprint density at radius 3 is 2.42 bits per heavy atom. The quantitative estimate of drug-likeness (QED) is 0.804. The molecule has 0 bridgehead atoms. The molecule has 1 rings (SSSR count). The van der Waals surface area contributed by atoms with E-state index in [-0.39, 0.29) is 5.41 Å². The third-order valence-electron chi connectivity index (χ3n) is 3.26. The van der Waals surface area contributed by atoms with Gasteiger partial charge in [0.25, 0.3) is 0 Å². The first-order chi connectivity index (χ1) is 8.80. The van der Waals surface area contributed by atoms with Crippen molar-refractivity contribution in [3.05, 3.63) is 29.3 Å². The Bertz CT molecular complexity index is 396. The molecule has 0 saturated carbocycles. The van der Waals surface area contributed by atoms with Crippen molar-refractivity contribution in [2.24, 2.45) is 11.3 Å². The number of nitrogens with one attached hydrogen (secondary N) is 1. The lowest BCUT2D eigenvalue weighted by molar-refractivity contribution is 0.175. The molecule has 0 fully saturated rings. The summed E-state index contributed by atoms with van der Waals surface area (Å²) in [5.41, 5.74) is 2.74. The Labute approximate surface area is 118 Å². The monoisotopic (exact) mass is 263 g/mol. The lowest BCUT2D eigenvalue weighted by Gasteiger charge is -2.26. The molecule has 0 heterocycles. The van der Waals surface area contributed by atoms with Crippen molar-refractivity contribution in [2.45, 2.75) is 41.5 Å². The van der Waals surface area contributed by atoms with Gasteiger partial charge in [0.1, 0.15) is 5.75 Å². The van der Waals surface area contributed by atoms with Crippen LogP contribution in [0.3, 0.4) is 0 Å². The van der Waals surface area contributed by atoms with Crippen LogP contribution in [0, 0.1) is 25.2 Å². The van der Waals surface area contributed by atoms with E-state index in [2.05, 4.69) is 65.1 Å². The molecule has 0 atom stereocenters. The van der Waals surface area contributed by atoms with Crippen molar-refractivity contribution in [1.82, 2.24) is 5.32 Å². The van der Waals surface area contributed by atoms with E-state index < -0.39 is 0 Å². The van der Waals surface area contributed by atoms with Crippen LogP contribution in [0.15, 0.2) is 18.2 Å². The highest BCUT2D eigenvalue weighted by Crippen LogP contribution is 2.20. The minimum Gasteiger partial charge on any atom is -0.493 e. The summed E-state index contributed by atoms with van der Waals surface area (Å²) < 4.78 is 5.92. The summed E-state index contributed by atoms with van der Waals surface area (Å²) in [6, 6.07) is 6.29. The normalized spacial score (nSPS) is 11.9. The van der Waals surface area contributed by atoms with E-state index in [1.165, 1.54) is 11.1 Å². The minimum atomic E-state index is 0.147. The van der Waals surface area contributed by atoms with Crippen LogP contribution in [0.4, 0.5) is 0 Å². The van der Waals surface area contributed by atoms with Crippen molar-refractivity contribution in [1.29, 1.82) is 0 Å². The molecule has 0 radical (unpaired) electrons. The molecule has 108 valence electrons. The Hall–Kier alpha value is -1.02. The number of aryl methyl sites for hydroxylation is 2. The van der Waals surface area contributed by atoms with Gasteiger partial charge in [-0.3, -0.25) is 0 Å². The van der Waals surface area contributed by atoms with Crippen LogP contribution >= 0.6 is 0 Å². The molecule has 0 aromatic heterocycles. The molecular weight excluding hydrogens is 234 g/mol. The number of benzene rings is 1. The summed E-state index contributed by atoms with van der Waals surface area (Å²) in [6.45, 7) is 16.0. The molecule has 1 N–H and O–H groups in total. The SMILES string of the molecule is Cc1ccc(OCC(C)(C)CNCC(C)C)cc1C. The molecular formula is C17H29NO. The average Bonchev–Trinajstić information content (AvgIpc) is 2.30. The maximum Gasteiger partial charge on any atom is 0.119 e. The Balaban J connectivity index is 2.43. The molecule has 0 aliphatic rings. The van der Waals surface area contributed by atoms with Gasteiger partial charge in [0, 0.05) is 12.0 Å². The first-order valence-corrected chi connectivity index (χ1v) is 7.21. The van der Waals surface area contributed by atoms with Gasteiger partial charge in [0.2, 0.25) is 0 Å². The Morgan fingerprint density at radius 1 is 1.16 bits per heavy atom. The fourth-order valence-corrected chi connectivity index (χ4v) is 1.83. The Kier molecular flexibility index (Phi) is 5.86. The molecule has 2 heteroatoms. The van der Waals surface area contributed by atoms with E-state index in [1.807, 2.05) is 0 Å². The summed E-state index contributed by atoms with van der Waals surface area (Å²) in [5, 5.41) is 3.50. The predicted octanol–water partition coefficient (Wildman–Crippen LogP) is 3.95. The van der Waals surface area contributed by atoms with Gasteiger partial charge >= 0.3 is 0 Å². The van der Waals surface area contributed by atoms with Gasteiger partial charge in [-0.05, 0) is 49.6 Å². The van der Waals surface area contributed by atoms with Gasteiger partial charge in [-0.2, -0.15) is 0 Å². The van der Waals surface area contributed by atoms with E-state index in [4.69, 9.17) is 4.74 Å². The number of hydrogen-bond acceptors (Lipinski definition) is 2. The zero-order chi connectivity index (χ0) is 14.5. The van der Waals surface area contributed by atoms with Gasteiger partial charge in [-0.25, -0.2) is 0 Å². The molecule has 0 aliphatic carbocycles. The summed E-state index contributed by atoms with van der Waals surface area (Å²) in [5.74, 6) is 1.66. The maximum atomic E-state index is 5.92. The molecule has 0 spiro atoms. The van der Waals surface area contributed by atoms with Gasteiger partial charge in [0.05, 0.1) is 6.61 Å². The summed E-state index contributed by atoms with van der Waals surface area (Å²) in [6.07, 6.45) is 0. The van der Waals surface area contributed by atoms with Crippen LogP contribution in [-0.4, -0.2) is 19.7 Å². The van der Waals surface area contributed by atoms with Crippen molar-refractivity contribution in [3.63, 3.8) is 0 Å². The smallest absolute Gasteiger partial charge is 0.119 e. The highest BCUT2D eigenvalue weighted by molar-refractivity contribution is 5.33. The number of hydrogen-bond donors (Lipinski definition) is 1. The average molecular weight is 263 g/mol. The van der Waals surface area contributed by atoms with Crippen LogP contribution in [0.5, 0.6) is 5.75 Å². The maximum absolute atomic E-state index is 5.92. The van der Waals surface area contributed by atoms with Crippen LogP contribution in [0.2, 0.25) is 0 Å². The zero-order valence-corrected chi connectivity index (χ0v) is 13.3. The Morgan fingerprint density at radius 2 is 1.84 bits per heavy atom. The number of rotatable bonds is 7. The predicted molar refractivity (Wildman–Crippen MR) is 82.9 cm³/mol. The highest BCUT2D eigenvalue weighted by Gasteiger charge is 2.18. The number of ether oxygens (including phenoxy) is 1. The van der Waals surface area contributed by atoms with Crippen LogP contribution in [0.25, 0.3) is 0 Å². The lowest BCUT2D eigenvalue weighted by Crippen LogP contribution is -2.35. The van der Waals surface area contributed by atoms with E-state index in [9.17, 15) is 0 Å². The minimum absolute atomic E-state index is 0.147. The summed E-state index contributed by atoms with van der Waals surface area (Å²) in [4.78, 5) is 0. The second kappa shape index (κ2) is 6.95. The largest absolute Gasteiger partial charge is 0.493 e. The van der Waals surface area contributed by atoms with Gasteiger partial charge in [-0.15, -0.1) is 0 Å². The first-order valence-electron chi connectivity index (χ1n) is 7.21. The molecule has 19 heavy (non-hydrogen) atoms. The molecule has 0 unspecified atom stereocenters. The summed E-state index contributed by atoms with van der Waals surface area (Å²) >= 11 is 0. The van der Waals surface area contributed by atoms with E-state index >= 15 is 0 Å². The third-order valence-corrected chi connectivity index (χ3v) is 3.26. The highest BCUT2D eigenvalue weighted by atomic mass is 16.5. The summed E-state index contributed by atoms with van der Waals surface area (Å²) in [7, 11) is 0. The second-order valence-electron chi connectivity index (χ2n) is 6.72. The van der Waals surface area contributed by atoms with Crippen LogP contribution in [0.1, 0.15) is 38.8 Å². The molecule has 0 aliphatic heterocycles. The van der Waals surface area contributed by atoms with Gasteiger partial charge in [-0.1, -0.05) is 33.8 Å². The van der Waals surface area contributed by atoms with E-state index in [0.717, 1.165) is 25.4 Å². The molecule has 1 aromatic carbocycles. The topological polar surface area (TPSA) is 21.3 Å². The van der Waals surface area contributed by atoms with E-state index in [0.29, 0.717) is 5.92 Å². The van der Waals surface area contributed by atoms with Crippen molar-refractivity contribution < 1.29 is 4.74 Å². The second-order valence-corrected chi connectivity index (χ2v) is 6.72. The van der Waals surface area contributed by atoms with Gasteiger partial charge in [0.15, 0.2) is 0 Å². The van der Waals surface area contributed by atoms with Crippen LogP contribution < -0.4 is 10.1 Å². The molecule has 0 amide bonds. The van der Waals surface area contributed by atoms with Crippen LogP contribution in [-0.2, 0) is 0 Å².